The van der Waals surface area contributed by atoms with Crippen LogP contribution in [-0.4, -0.2) is 4.57 Å². The van der Waals surface area contributed by atoms with Gasteiger partial charge in [-0.1, -0.05) is 80.6 Å². The summed E-state index contributed by atoms with van der Waals surface area (Å²) in [6.07, 6.45) is 3.64. The van der Waals surface area contributed by atoms with Gasteiger partial charge in [0.25, 0.3) is 6.33 Å². The second kappa shape index (κ2) is 5.32. The van der Waals surface area contributed by atoms with Crippen molar-refractivity contribution < 1.29 is 4.57 Å². The summed E-state index contributed by atoms with van der Waals surface area (Å²) in [5.41, 5.74) is 7.41. The molecule has 0 radical (unpaired) electrons. The Morgan fingerprint density at radius 2 is 1.46 bits per heavy atom. The van der Waals surface area contributed by atoms with Crippen molar-refractivity contribution in [3.05, 3.63) is 102 Å². The maximum absolute atomic E-state index is 3.64. The lowest BCUT2D eigenvalue weighted by Crippen LogP contribution is -2.40. The maximum atomic E-state index is 3.64. The van der Waals surface area contributed by atoms with Crippen LogP contribution < -0.4 is 4.57 Å². The van der Waals surface area contributed by atoms with Gasteiger partial charge in [-0.25, -0.2) is 0 Å². The minimum Gasteiger partial charge on any atom is -0.292 e. The molecule has 1 aliphatic rings. The fourth-order valence-corrected chi connectivity index (χ4v) is 4.66. The molecule has 5 aromatic rings. The van der Waals surface area contributed by atoms with E-state index in [4.69, 9.17) is 0 Å². The van der Waals surface area contributed by atoms with E-state index in [-0.39, 0.29) is 5.41 Å². The van der Waals surface area contributed by atoms with Gasteiger partial charge in [-0.3, -0.25) is 9.13 Å². The van der Waals surface area contributed by atoms with Crippen LogP contribution in [0.1, 0.15) is 25.0 Å². The maximum Gasteiger partial charge on any atom is 0.269 e. The monoisotopic (exact) mass is 360 g/mol. The number of nitrogens with zero attached hydrogens (tertiary/aromatic N) is 2. The number of hydrogen-bond donors (Lipinski definition) is 0. The standard InChI is InChI=1S/C26H20N2/c1-26(2)21-13-8-14-23-25(21)28(17-27(23)20-11-4-3-5-12-20)24-16-19-10-7-6-9-18(19)15-22(24)26/h3-16H,1-2H3. The van der Waals surface area contributed by atoms with Crippen LogP contribution in [0, 0.1) is 6.33 Å². The topological polar surface area (TPSA) is 8.81 Å². The van der Waals surface area contributed by atoms with Crippen molar-refractivity contribution in [3.8, 4) is 11.4 Å². The van der Waals surface area contributed by atoms with E-state index in [1.807, 2.05) is 0 Å². The van der Waals surface area contributed by atoms with Crippen molar-refractivity contribution in [2.45, 2.75) is 19.3 Å². The molecule has 28 heavy (non-hydrogen) atoms. The lowest BCUT2D eigenvalue weighted by Gasteiger charge is -2.34. The molecule has 0 saturated carbocycles. The lowest BCUT2D eigenvalue weighted by molar-refractivity contribution is -0.575. The van der Waals surface area contributed by atoms with Crippen LogP contribution in [0.25, 0.3) is 33.2 Å². The van der Waals surface area contributed by atoms with Crippen LogP contribution in [0.5, 0.6) is 0 Å². The molecule has 0 aliphatic carbocycles. The summed E-state index contributed by atoms with van der Waals surface area (Å²) in [5, 5.41) is 2.55. The van der Waals surface area contributed by atoms with Crippen molar-refractivity contribution in [1.82, 2.24) is 4.57 Å². The average molecular weight is 360 g/mol. The quantitative estimate of drug-likeness (QED) is 0.276. The number of rotatable bonds is 1. The van der Waals surface area contributed by atoms with Crippen LogP contribution in [0.15, 0.2) is 84.9 Å². The number of imidazole rings is 1. The van der Waals surface area contributed by atoms with E-state index >= 15 is 0 Å². The smallest absolute Gasteiger partial charge is 0.269 e. The molecule has 0 unspecified atom stereocenters. The molecule has 0 atom stereocenters. The first-order chi connectivity index (χ1) is 13.6. The lowest BCUT2D eigenvalue weighted by atomic mass is 9.74. The Kier molecular flexibility index (Phi) is 2.98. The molecule has 0 fully saturated rings. The molecular formula is C26H20N2. The fraction of sp³-hybridized carbons (Fsp3) is 0.115. The van der Waals surface area contributed by atoms with Crippen LogP contribution in [0.2, 0.25) is 0 Å². The first-order valence-corrected chi connectivity index (χ1v) is 9.73. The van der Waals surface area contributed by atoms with E-state index in [1.165, 1.54) is 38.6 Å². The summed E-state index contributed by atoms with van der Waals surface area (Å²) in [4.78, 5) is 0. The SMILES string of the molecule is CC1(C)c2cc3ccccc3cc2-[n+]2[c-]n(-c3ccccc3)c3cccc1c32. The Balaban J connectivity index is 1.78. The molecule has 6 rings (SSSR count). The van der Waals surface area contributed by atoms with Crippen molar-refractivity contribution >= 4 is 21.8 Å². The highest BCUT2D eigenvalue weighted by Crippen LogP contribution is 2.42. The molecule has 2 nitrogen and oxygen atoms in total. The average Bonchev–Trinajstić information content (AvgIpc) is 3.12. The van der Waals surface area contributed by atoms with Gasteiger partial charge < -0.3 is 0 Å². The van der Waals surface area contributed by atoms with E-state index < -0.39 is 0 Å². The number of para-hydroxylation sites is 2. The van der Waals surface area contributed by atoms with Gasteiger partial charge in [0, 0.05) is 5.41 Å². The molecule has 1 aliphatic heterocycles. The Bertz CT molecular complexity index is 1370. The molecule has 1 aromatic heterocycles. The normalized spacial score (nSPS) is 14.4. The Labute approximate surface area is 164 Å². The van der Waals surface area contributed by atoms with E-state index in [1.54, 1.807) is 0 Å². The minimum atomic E-state index is -0.0738. The van der Waals surface area contributed by atoms with Gasteiger partial charge in [0.15, 0.2) is 0 Å². The third-order valence-corrected chi connectivity index (χ3v) is 6.15. The summed E-state index contributed by atoms with van der Waals surface area (Å²) in [6, 6.07) is 30.4. The number of hydrogen-bond acceptors (Lipinski definition) is 0. The first kappa shape index (κ1) is 15.6. The predicted molar refractivity (Wildman–Crippen MR) is 113 cm³/mol. The van der Waals surface area contributed by atoms with Gasteiger partial charge in [0.05, 0.1) is 22.4 Å². The number of aromatic nitrogens is 2. The third-order valence-electron chi connectivity index (χ3n) is 6.15. The second-order valence-electron chi connectivity index (χ2n) is 8.12. The van der Waals surface area contributed by atoms with Crippen molar-refractivity contribution in [2.75, 3.05) is 0 Å². The van der Waals surface area contributed by atoms with Crippen molar-refractivity contribution in [2.24, 2.45) is 0 Å². The summed E-state index contributed by atoms with van der Waals surface area (Å²) >= 11 is 0. The molecule has 0 saturated heterocycles. The second-order valence-corrected chi connectivity index (χ2v) is 8.12. The minimum absolute atomic E-state index is 0.0738. The van der Waals surface area contributed by atoms with Gasteiger partial charge in [-0.05, 0) is 40.1 Å². The molecule has 0 N–H and O–H groups in total. The highest BCUT2D eigenvalue weighted by atomic mass is 15.1. The van der Waals surface area contributed by atoms with Gasteiger partial charge in [-0.2, -0.15) is 0 Å². The molecular weight excluding hydrogens is 340 g/mol. The third kappa shape index (κ3) is 1.95. The molecule has 2 heteroatoms. The highest BCUT2D eigenvalue weighted by Gasteiger charge is 2.34. The van der Waals surface area contributed by atoms with Crippen LogP contribution in [0.4, 0.5) is 0 Å². The van der Waals surface area contributed by atoms with Crippen LogP contribution in [-0.2, 0) is 5.41 Å². The zero-order chi connectivity index (χ0) is 18.9. The zero-order valence-corrected chi connectivity index (χ0v) is 16.0. The van der Waals surface area contributed by atoms with E-state index in [2.05, 4.69) is 114 Å². The summed E-state index contributed by atoms with van der Waals surface area (Å²) in [7, 11) is 0. The summed E-state index contributed by atoms with van der Waals surface area (Å²) < 4.78 is 4.43. The van der Waals surface area contributed by atoms with E-state index in [9.17, 15) is 0 Å². The number of benzene rings is 4. The van der Waals surface area contributed by atoms with Gasteiger partial charge >= 0.3 is 0 Å². The summed E-state index contributed by atoms with van der Waals surface area (Å²) in [5.74, 6) is 0. The largest absolute Gasteiger partial charge is 0.292 e. The van der Waals surface area contributed by atoms with E-state index in [0.717, 1.165) is 5.69 Å². The molecule has 0 bridgehead atoms. The van der Waals surface area contributed by atoms with Crippen molar-refractivity contribution in [1.29, 1.82) is 0 Å². The Morgan fingerprint density at radius 3 is 2.25 bits per heavy atom. The fourth-order valence-electron chi connectivity index (χ4n) is 4.66. The van der Waals surface area contributed by atoms with Crippen LogP contribution in [0.3, 0.4) is 0 Å². The Morgan fingerprint density at radius 1 is 0.750 bits per heavy atom. The highest BCUT2D eigenvalue weighted by molar-refractivity contribution is 5.88. The van der Waals surface area contributed by atoms with E-state index in [0.29, 0.717) is 0 Å². The first-order valence-electron chi connectivity index (χ1n) is 9.73. The van der Waals surface area contributed by atoms with Gasteiger partial charge in [0.2, 0.25) is 0 Å². The molecule has 0 amide bonds. The van der Waals surface area contributed by atoms with Gasteiger partial charge in [-0.15, -0.1) is 0 Å². The Hall–Kier alpha value is -3.39. The van der Waals surface area contributed by atoms with Crippen LogP contribution >= 0.6 is 0 Å². The predicted octanol–water partition coefficient (Wildman–Crippen LogP) is 5.50. The zero-order valence-electron chi connectivity index (χ0n) is 16.0. The van der Waals surface area contributed by atoms with Crippen molar-refractivity contribution in [3.63, 3.8) is 0 Å². The summed E-state index contributed by atoms with van der Waals surface area (Å²) in [6.45, 7) is 4.66. The molecule has 2 heterocycles. The number of fused-ring (bicyclic) bond motifs is 3. The van der Waals surface area contributed by atoms with Gasteiger partial charge in [0.1, 0.15) is 0 Å². The molecule has 4 aromatic carbocycles. The molecule has 134 valence electrons. The molecule has 0 spiro atoms.